The van der Waals surface area contributed by atoms with Gasteiger partial charge < -0.3 is 10.4 Å². The Morgan fingerprint density at radius 1 is 1.56 bits per heavy atom. The van der Waals surface area contributed by atoms with Gasteiger partial charge in [-0.25, -0.2) is 9.78 Å². The molecule has 2 N–H and O–H groups in total. The van der Waals surface area contributed by atoms with Crippen LogP contribution in [0.2, 0.25) is 0 Å². The summed E-state index contributed by atoms with van der Waals surface area (Å²) in [6.45, 7) is 2.01. The quantitative estimate of drug-likeness (QED) is 0.897. The number of aromatic carboxylic acids is 1. The van der Waals surface area contributed by atoms with E-state index in [0.29, 0.717) is 0 Å². The molecule has 0 fully saturated rings. The lowest BCUT2D eigenvalue weighted by Gasteiger charge is -2.14. The van der Waals surface area contributed by atoms with E-state index < -0.39 is 5.97 Å². The van der Waals surface area contributed by atoms with Crippen LogP contribution in [0.5, 0.6) is 0 Å². The molecule has 4 nitrogen and oxygen atoms in total. The maximum Gasteiger partial charge on any atom is 0.335 e. The van der Waals surface area contributed by atoms with Crippen molar-refractivity contribution in [2.24, 2.45) is 0 Å². The fourth-order valence-electron chi connectivity index (χ4n) is 1.51. The van der Waals surface area contributed by atoms with E-state index in [9.17, 15) is 4.79 Å². The topological polar surface area (TPSA) is 62.2 Å². The predicted octanol–water partition coefficient (Wildman–Crippen LogP) is 3.78. The maximum absolute atomic E-state index is 10.8. The normalized spacial score (nSPS) is 12.1. The van der Waals surface area contributed by atoms with Gasteiger partial charge in [0.1, 0.15) is 5.01 Å². The van der Waals surface area contributed by atoms with Crippen LogP contribution in [0.25, 0.3) is 0 Å². The average molecular weight is 327 g/mol. The number of rotatable bonds is 4. The van der Waals surface area contributed by atoms with Gasteiger partial charge in [0, 0.05) is 21.7 Å². The molecule has 0 saturated heterocycles. The lowest BCUT2D eigenvalue weighted by atomic mass is 10.2. The largest absolute Gasteiger partial charge is 0.478 e. The predicted molar refractivity (Wildman–Crippen MR) is 75.3 cm³/mol. The first-order valence-electron chi connectivity index (χ1n) is 5.26. The van der Waals surface area contributed by atoms with Gasteiger partial charge >= 0.3 is 5.97 Å². The van der Waals surface area contributed by atoms with E-state index in [2.05, 4.69) is 26.2 Å². The molecule has 94 valence electrons. The van der Waals surface area contributed by atoms with Crippen LogP contribution in [0.4, 0.5) is 5.69 Å². The third-order valence-electron chi connectivity index (χ3n) is 2.41. The van der Waals surface area contributed by atoms with Crippen molar-refractivity contribution in [3.63, 3.8) is 0 Å². The second kappa shape index (κ2) is 5.49. The summed E-state index contributed by atoms with van der Waals surface area (Å²) in [6, 6.07) is 4.98. The highest BCUT2D eigenvalue weighted by Gasteiger charge is 2.11. The molecule has 0 aliphatic heterocycles. The van der Waals surface area contributed by atoms with E-state index in [0.717, 1.165) is 15.2 Å². The van der Waals surface area contributed by atoms with E-state index >= 15 is 0 Å². The first kappa shape index (κ1) is 13.0. The molecule has 2 rings (SSSR count). The molecular formula is C12H11BrN2O2S. The molecule has 6 heteroatoms. The molecule has 0 bridgehead atoms. The van der Waals surface area contributed by atoms with Crippen LogP contribution in [-0.4, -0.2) is 16.1 Å². The van der Waals surface area contributed by atoms with Crippen molar-refractivity contribution < 1.29 is 9.90 Å². The molecule has 1 aromatic carbocycles. The van der Waals surface area contributed by atoms with Crippen LogP contribution >= 0.6 is 27.3 Å². The molecule has 0 aliphatic rings. The summed E-state index contributed by atoms with van der Waals surface area (Å²) in [4.78, 5) is 15.1. The molecule has 18 heavy (non-hydrogen) atoms. The third-order valence-corrected chi connectivity index (χ3v) is 4.02. The molecule has 1 atom stereocenters. The Morgan fingerprint density at radius 3 is 2.89 bits per heavy atom. The monoisotopic (exact) mass is 326 g/mol. The van der Waals surface area contributed by atoms with Gasteiger partial charge in [-0.15, -0.1) is 11.3 Å². The molecule has 2 aromatic rings. The molecule has 0 radical (unpaired) electrons. The Balaban J connectivity index is 2.17. The Hall–Kier alpha value is -1.40. The van der Waals surface area contributed by atoms with Gasteiger partial charge in [0.2, 0.25) is 0 Å². The minimum absolute atomic E-state index is 0.0805. The van der Waals surface area contributed by atoms with E-state index in [1.807, 2.05) is 12.3 Å². The Morgan fingerprint density at radius 2 is 2.33 bits per heavy atom. The number of benzene rings is 1. The lowest BCUT2D eigenvalue weighted by Crippen LogP contribution is -2.07. The van der Waals surface area contributed by atoms with Crippen LogP contribution in [0, 0.1) is 0 Å². The summed E-state index contributed by atoms with van der Waals surface area (Å²) in [7, 11) is 0. The molecule has 1 aromatic heterocycles. The second-order valence-electron chi connectivity index (χ2n) is 3.74. The molecule has 0 spiro atoms. The zero-order valence-electron chi connectivity index (χ0n) is 9.55. The van der Waals surface area contributed by atoms with E-state index in [4.69, 9.17) is 5.11 Å². The zero-order chi connectivity index (χ0) is 13.1. The minimum Gasteiger partial charge on any atom is -0.478 e. The number of carboxylic acids is 1. The van der Waals surface area contributed by atoms with Crippen molar-refractivity contribution in [1.82, 2.24) is 4.98 Å². The van der Waals surface area contributed by atoms with Crippen LogP contribution < -0.4 is 5.32 Å². The summed E-state index contributed by atoms with van der Waals surface area (Å²) in [5, 5.41) is 15.1. The number of aromatic nitrogens is 1. The minimum atomic E-state index is -0.935. The number of nitrogens with zero attached hydrogens (tertiary/aromatic N) is 1. The van der Waals surface area contributed by atoms with Crippen LogP contribution in [0.3, 0.4) is 0 Å². The molecule has 1 heterocycles. The van der Waals surface area contributed by atoms with E-state index in [-0.39, 0.29) is 11.6 Å². The zero-order valence-corrected chi connectivity index (χ0v) is 12.0. The summed E-state index contributed by atoms with van der Waals surface area (Å²) in [5.74, 6) is -0.935. The van der Waals surface area contributed by atoms with E-state index in [1.165, 1.54) is 0 Å². The molecule has 1 unspecified atom stereocenters. The first-order valence-corrected chi connectivity index (χ1v) is 6.94. The molecule has 0 saturated carbocycles. The number of thiazole rings is 1. The Kier molecular flexibility index (Phi) is 3.98. The molecule has 0 amide bonds. The highest BCUT2D eigenvalue weighted by Crippen LogP contribution is 2.28. The fourth-order valence-corrected chi connectivity index (χ4v) is 2.65. The average Bonchev–Trinajstić information content (AvgIpc) is 2.85. The number of hydrogen-bond acceptors (Lipinski definition) is 4. The van der Waals surface area contributed by atoms with Gasteiger partial charge in [-0.05, 0) is 41.1 Å². The highest BCUT2D eigenvalue weighted by molar-refractivity contribution is 9.10. The second-order valence-corrected chi connectivity index (χ2v) is 5.52. The van der Waals surface area contributed by atoms with Crippen molar-refractivity contribution in [2.75, 3.05) is 5.32 Å². The Labute approximate surface area is 117 Å². The number of anilines is 1. The van der Waals surface area contributed by atoms with Gasteiger partial charge in [-0.2, -0.15) is 0 Å². The number of carboxylic acid groups (broad SMARTS) is 1. The van der Waals surface area contributed by atoms with E-state index in [1.54, 1.807) is 35.7 Å². The maximum atomic E-state index is 10.8. The van der Waals surface area contributed by atoms with Crippen molar-refractivity contribution in [3.05, 3.63) is 44.8 Å². The number of carbonyl (C=O) groups is 1. The first-order chi connectivity index (χ1) is 8.58. The Bertz CT molecular complexity index is 557. The van der Waals surface area contributed by atoms with Crippen molar-refractivity contribution in [2.45, 2.75) is 13.0 Å². The third kappa shape index (κ3) is 2.88. The van der Waals surface area contributed by atoms with Gasteiger partial charge in [0.15, 0.2) is 0 Å². The smallest absolute Gasteiger partial charge is 0.335 e. The van der Waals surface area contributed by atoms with Crippen molar-refractivity contribution in [3.8, 4) is 0 Å². The van der Waals surface area contributed by atoms with Gasteiger partial charge in [0.05, 0.1) is 11.6 Å². The summed E-state index contributed by atoms with van der Waals surface area (Å²) >= 11 is 4.95. The molecular weight excluding hydrogens is 316 g/mol. The van der Waals surface area contributed by atoms with Gasteiger partial charge in [-0.3, -0.25) is 0 Å². The van der Waals surface area contributed by atoms with Crippen molar-refractivity contribution in [1.29, 1.82) is 0 Å². The standard InChI is InChI=1S/C12H11BrN2O2S/c1-7(11-14-4-5-18-11)15-10-3-2-8(12(16)17)6-9(10)13/h2-7,15H,1H3,(H,16,17). The fraction of sp³-hybridized carbons (Fsp3) is 0.167. The number of halogens is 1. The SMILES string of the molecule is CC(Nc1ccc(C(=O)O)cc1Br)c1nccs1. The molecule has 0 aliphatic carbocycles. The summed E-state index contributed by atoms with van der Waals surface area (Å²) in [6.07, 6.45) is 1.76. The summed E-state index contributed by atoms with van der Waals surface area (Å²) < 4.78 is 0.728. The lowest BCUT2D eigenvalue weighted by molar-refractivity contribution is 0.0697. The highest BCUT2D eigenvalue weighted by atomic mass is 79.9. The van der Waals surface area contributed by atoms with Crippen LogP contribution in [0.15, 0.2) is 34.2 Å². The van der Waals surface area contributed by atoms with Crippen LogP contribution in [0.1, 0.15) is 28.3 Å². The van der Waals surface area contributed by atoms with Crippen molar-refractivity contribution >= 4 is 38.9 Å². The van der Waals surface area contributed by atoms with Crippen LogP contribution in [-0.2, 0) is 0 Å². The number of hydrogen-bond donors (Lipinski definition) is 2. The van der Waals surface area contributed by atoms with Gasteiger partial charge in [0.25, 0.3) is 0 Å². The van der Waals surface area contributed by atoms with Gasteiger partial charge in [-0.1, -0.05) is 0 Å². The summed E-state index contributed by atoms with van der Waals surface area (Å²) in [5.41, 5.74) is 1.11. The number of nitrogens with one attached hydrogen (secondary N) is 1.